The summed E-state index contributed by atoms with van der Waals surface area (Å²) in [7, 11) is 0. The van der Waals surface area contributed by atoms with E-state index in [2.05, 4.69) is 9.88 Å². The van der Waals surface area contributed by atoms with E-state index in [-0.39, 0.29) is 12.0 Å². The first kappa shape index (κ1) is 16.9. The van der Waals surface area contributed by atoms with E-state index in [0.29, 0.717) is 6.54 Å². The molecule has 1 aromatic carbocycles. The number of hydrogen-bond donors (Lipinski definition) is 0. The Morgan fingerprint density at radius 2 is 2.12 bits per heavy atom. The van der Waals surface area contributed by atoms with Crippen LogP contribution < -0.4 is 0 Å². The highest BCUT2D eigenvalue weighted by Crippen LogP contribution is 2.23. The third-order valence-corrected chi connectivity index (χ3v) is 5.99. The Labute approximate surface area is 152 Å². The highest BCUT2D eigenvalue weighted by atomic mass is 32.1. The number of fused-ring (bicyclic) bond motifs is 1. The number of likely N-dealkylation sites (tertiary alicyclic amines) is 1. The Morgan fingerprint density at radius 3 is 2.96 bits per heavy atom. The van der Waals surface area contributed by atoms with Crippen LogP contribution in [-0.4, -0.2) is 66.1 Å². The number of ether oxygens (including phenoxy) is 1. The molecule has 1 unspecified atom stereocenters. The number of rotatable bonds is 3. The van der Waals surface area contributed by atoms with E-state index < -0.39 is 0 Å². The van der Waals surface area contributed by atoms with E-state index in [9.17, 15) is 4.79 Å². The maximum atomic E-state index is 13.0. The molecule has 2 aromatic rings. The number of thiazole rings is 1. The van der Waals surface area contributed by atoms with Crippen LogP contribution in [0.2, 0.25) is 0 Å². The van der Waals surface area contributed by atoms with E-state index >= 15 is 0 Å². The minimum atomic E-state index is 0.101. The van der Waals surface area contributed by atoms with Crippen LogP contribution in [0.3, 0.4) is 0 Å². The molecule has 3 heterocycles. The van der Waals surface area contributed by atoms with Gasteiger partial charge in [0.25, 0.3) is 5.91 Å². The maximum absolute atomic E-state index is 13.0. The molecule has 2 aliphatic heterocycles. The van der Waals surface area contributed by atoms with E-state index in [1.807, 2.05) is 30.0 Å². The molecule has 2 aliphatic rings. The van der Waals surface area contributed by atoms with Crippen LogP contribution in [0.5, 0.6) is 0 Å². The first-order valence-electron chi connectivity index (χ1n) is 9.19. The number of hydrogen-bond acceptors (Lipinski definition) is 5. The summed E-state index contributed by atoms with van der Waals surface area (Å²) >= 11 is 1.67. The standard InChI is InChI=1S/C19H25N3O2S/c1-14-20-17-11-15(5-6-18(17)25-14)19(23)22-9-4-10-24-16(13-22)12-21-7-2-3-8-21/h5-6,11,16H,2-4,7-10,12-13H2,1H3. The summed E-state index contributed by atoms with van der Waals surface area (Å²) in [5, 5.41) is 1.04. The molecule has 1 atom stereocenters. The SMILES string of the molecule is Cc1nc2cc(C(=O)N3CCCOC(CN4CCCC4)C3)ccc2s1. The lowest BCUT2D eigenvalue weighted by molar-refractivity contribution is 0.0297. The van der Waals surface area contributed by atoms with Gasteiger partial charge in [-0.25, -0.2) is 4.98 Å². The van der Waals surface area contributed by atoms with Crippen LogP contribution >= 0.6 is 11.3 Å². The molecule has 0 N–H and O–H groups in total. The molecule has 5 nitrogen and oxygen atoms in total. The van der Waals surface area contributed by atoms with Crippen molar-refractivity contribution in [3.8, 4) is 0 Å². The summed E-state index contributed by atoms with van der Waals surface area (Å²) in [5.41, 5.74) is 1.66. The molecule has 25 heavy (non-hydrogen) atoms. The molecule has 4 rings (SSSR count). The third-order valence-electron chi connectivity index (χ3n) is 5.04. The molecular weight excluding hydrogens is 334 g/mol. The number of aromatic nitrogens is 1. The lowest BCUT2D eigenvalue weighted by Gasteiger charge is -2.27. The van der Waals surface area contributed by atoms with Crippen molar-refractivity contribution >= 4 is 27.5 Å². The number of aryl methyl sites for hydroxylation is 1. The summed E-state index contributed by atoms with van der Waals surface area (Å²) in [6, 6.07) is 5.88. The minimum Gasteiger partial charge on any atom is -0.375 e. The van der Waals surface area contributed by atoms with Gasteiger partial charge in [0.1, 0.15) is 0 Å². The summed E-state index contributed by atoms with van der Waals surface area (Å²) in [5.74, 6) is 0.101. The van der Waals surface area contributed by atoms with Gasteiger partial charge in [-0.05, 0) is 57.5 Å². The predicted molar refractivity (Wildman–Crippen MR) is 100 cm³/mol. The normalized spacial score (nSPS) is 22.4. The summed E-state index contributed by atoms with van der Waals surface area (Å²) in [6.45, 7) is 7.45. The van der Waals surface area contributed by atoms with Crippen molar-refractivity contribution in [2.45, 2.75) is 32.3 Å². The highest BCUT2D eigenvalue weighted by Gasteiger charge is 2.26. The van der Waals surface area contributed by atoms with Crippen LogP contribution in [0.1, 0.15) is 34.6 Å². The average molecular weight is 359 g/mol. The summed E-state index contributed by atoms with van der Waals surface area (Å²) in [4.78, 5) is 22.0. The lowest BCUT2D eigenvalue weighted by atomic mass is 10.1. The molecule has 0 bridgehead atoms. The molecule has 134 valence electrons. The van der Waals surface area contributed by atoms with Gasteiger partial charge >= 0.3 is 0 Å². The monoisotopic (exact) mass is 359 g/mol. The number of nitrogens with zero attached hydrogens (tertiary/aromatic N) is 3. The number of carbonyl (C=O) groups excluding carboxylic acids is 1. The van der Waals surface area contributed by atoms with Crippen molar-refractivity contribution in [1.82, 2.24) is 14.8 Å². The minimum absolute atomic E-state index is 0.101. The van der Waals surface area contributed by atoms with Crippen molar-refractivity contribution in [1.29, 1.82) is 0 Å². The van der Waals surface area contributed by atoms with Gasteiger partial charge in [0.15, 0.2) is 0 Å². The van der Waals surface area contributed by atoms with Crippen molar-refractivity contribution in [3.63, 3.8) is 0 Å². The van der Waals surface area contributed by atoms with E-state index in [4.69, 9.17) is 4.74 Å². The molecule has 2 fully saturated rings. The summed E-state index contributed by atoms with van der Waals surface area (Å²) in [6.07, 6.45) is 3.58. The second-order valence-electron chi connectivity index (χ2n) is 7.02. The molecular formula is C19H25N3O2S. The molecule has 0 radical (unpaired) electrons. The fraction of sp³-hybridized carbons (Fsp3) is 0.579. The van der Waals surface area contributed by atoms with Gasteiger partial charge < -0.3 is 14.5 Å². The van der Waals surface area contributed by atoms with Gasteiger partial charge in [-0.15, -0.1) is 11.3 Å². The lowest BCUT2D eigenvalue weighted by Crippen LogP contribution is -2.41. The fourth-order valence-electron chi connectivity index (χ4n) is 3.80. The average Bonchev–Trinajstić information content (AvgIpc) is 3.17. The Kier molecular flexibility index (Phi) is 5.01. The summed E-state index contributed by atoms with van der Waals surface area (Å²) < 4.78 is 7.15. The molecule has 0 saturated carbocycles. The van der Waals surface area contributed by atoms with Gasteiger partial charge in [-0.1, -0.05) is 0 Å². The van der Waals surface area contributed by atoms with Gasteiger partial charge in [-0.2, -0.15) is 0 Å². The zero-order valence-electron chi connectivity index (χ0n) is 14.7. The quantitative estimate of drug-likeness (QED) is 0.845. The molecule has 1 aromatic heterocycles. The fourth-order valence-corrected chi connectivity index (χ4v) is 4.61. The van der Waals surface area contributed by atoms with Crippen LogP contribution in [-0.2, 0) is 4.74 Å². The smallest absolute Gasteiger partial charge is 0.254 e. The van der Waals surface area contributed by atoms with Gasteiger partial charge in [0.2, 0.25) is 0 Å². The predicted octanol–water partition coefficient (Wildman–Crippen LogP) is 2.93. The van der Waals surface area contributed by atoms with Gasteiger partial charge in [0, 0.05) is 31.8 Å². The topological polar surface area (TPSA) is 45.7 Å². The van der Waals surface area contributed by atoms with Gasteiger partial charge in [-0.3, -0.25) is 4.79 Å². The van der Waals surface area contributed by atoms with E-state index in [0.717, 1.165) is 60.0 Å². The van der Waals surface area contributed by atoms with Crippen LogP contribution in [0.4, 0.5) is 0 Å². The van der Waals surface area contributed by atoms with Gasteiger partial charge in [0.05, 0.1) is 21.3 Å². The Bertz CT molecular complexity index is 754. The maximum Gasteiger partial charge on any atom is 0.254 e. The molecule has 1 amide bonds. The van der Waals surface area contributed by atoms with Crippen LogP contribution in [0, 0.1) is 6.92 Å². The third kappa shape index (κ3) is 3.86. The first-order valence-corrected chi connectivity index (χ1v) is 10.0. The zero-order valence-corrected chi connectivity index (χ0v) is 15.6. The molecule has 2 saturated heterocycles. The zero-order chi connectivity index (χ0) is 17.2. The number of carbonyl (C=O) groups is 1. The largest absolute Gasteiger partial charge is 0.375 e. The van der Waals surface area contributed by atoms with Crippen molar-refractivity contribution in [3.05, 3.63) is 28.8 Å². The number of amides is 1. The van der Waals surface area contributed by atoms with E-state index in [1.165, 1.54) is 12.8 Å². The van der Waals surface area contributed by atoms with Crippen molar-refractivity contribution in [2.24, 2.45) is 0 Å². The highest BCUT2D eigenvalue weighted by molar-refractivity contribution is 7.18. The van der Waals surface area contributed by atoms with Crippen molar-refractivity contribution in [2.75, 3.05) is 39.3 Å². The van der Waals surface area contributed by atoms with E-state index in [1.54, 1.807) is 11.3 Å². The number of benzene rings is 1. The Morgan fingerprint density at radius 1 is 1.28 bits per heavy atom. The van der Waals surface area contributed by atoms with Crippen LogP contribution in [0.25, 0.3) is 10.2 Å². The second kappa shape index (κ2) is 7.40. The van der Waals surface area contributed by atoms with Crippen molar-refractivity contribution < 1.29 is 9.53 Å². The molecule has 0 spiro atoms. The first-order chi connectivity index (χ1) is 12.2. The Hall–Kier alpha value is -1.50. The molecule has 0 aliphatic carbocycles. The Balaban J connectivity index is 1.48. The van der Waals surface area contributed by atoms with Crippen LogP contribution in [0.15, 0.2) is 18.2 Å². The second-order valence-corrected chi connectivity index (χ2v) is 8.26. The molecule has 6 heteroatoms.